The lowest BCUT2D eigenvalue weighted by atomic mass is 10.3. The Labute approximate surface area is 264 Å². The van der Waals surface area contributed by atoms with E-state index in [0.717, 1.165) is 21.2 Å². The Morgan fingerprint density at radius 3 is 1.60 bits per heavy atom. The number of thioether (sulfide) groups is 4. The molecule has 2 heterocycles. The van der Waals surface area contributed by atoms with Crippen molar-refractivity contribution in [2.24, 2.45) is 0 Å². The third kappa shape index (κ3) is 6.54. The molecule has 2 aliphatic rings. The van der Waals surface area contributed by atoms with Gasteiger partial charge in [-0.3, -0.25) is 9.59 Å². The van der Waals surface area contributed by atoms with E-state index in [2.05, 4.69) is 0 Å². The predicted octanol–water partition coefficient (Wildman–Crippen LogP) is 8.44. The summed E-state index contributed by atoms with van der Waals surface area (Å²) in [5.41, 5.74) is 0. The fourth-order valence-electron chi connectivity index (χ4n) is 3.67. The molecule has 5 rings (SSSR count). The summed E-state index contributed by atoms with van der Waals surface area (Å²) in [4.78, 5) is 33.1. The number of allylic oxidation sites excluding steroid dienone is 2. The lowest BCUT2D eigenvalue weighted by molar-refractivity contribution is -0.133. The average Bonchev–Trinajstić information content (AvgIpc) is 3.61. The zero-order valence-corrected chi connectivity index (χ0v) is 27.4. The van der Waals surface area contributed by atoms with Crippen molar-refractivity contribution in [1.29, 1.82) is 0 Å². The minimum absolute atomic E-state index is 0.145. The molecule has 0 aliphatic carbocycles. The van der Waals surface area contributed by atoms with Gasteiger partial charge < -0.3 is 14.4 Å². The Bertz CT molecular complexity index is 1680. The van der Waals surface area contributed by atoms with Crippen molar-refractivity contribution in [2.45, 2.75) is 52.2 Å². The summed E-state index contributed by atoms with van der Waals surface area (Å²) >= 11 is 6.04. The zero-order valence-electron chi connectivity index (χ0n) is 22.5. The highest BCUT2D eigenvalue weighted by Crippen LogP contribution is 2.69. The van der Waals surface area contributed by atoms with E-state index in [1.54, 1.807) is 30.3 Å². The number of hydrogen-bond acceptors (Lipinski definition) is 13. The van der Waals surface area contributed by atoms with Crippen LogP contribution in [0.15, 0.2) is 103 Å². The minimum atomic E-state index is -3.80. The molecule has 14 heteroatoms. The van der Waals surface area contributed by atoms with Gasteiger partial charge in [0.25, 0.3) is 0 Å². The molecule has 0 atom stereocenters. The number of benzene rings is 3. The Kier molecular flexibility index (Phi) is 9.62. The van der Waals surface area contributed by atoms with E-state index in [9.17, 15) is 18.0 Å². The Hall–Kier alpha value is -2.46. The molecule has 0 bridgehead atoms. The van der Waals surface area contributed by atoms with Crippen molar-refractivity contribution in [3.63, 3.8) is 0 Å². The van der Waals surface area contributed by atoms with Crippen LogP contribution in [-0.4, -0.2) is 20.4 Å². The molecule has 218 valence electrons. The maximum absolute atomic E-state index is 13.4. The first-order chi connectivity index (χ1) is 20.1. The molecule has 0 N–H and O–H groups in total. The van der Waals surface area contributed by atoms with Crippen LogP contribution in [-0.2, 0) is 23.8 Å². The number of carbonyl (C=O) groups is 2. The molecular weight excluding hydrogens is 657 g/mol. The molecule has 0 saturated heterocycles. The van der Waals surface area contributed by atoms with Crippen LogP contribution in [0, 0.1) is 0 Å². The van der Waals surface area contributed by atoms with Gasteiger partial charge in [-0.05, 0) is 38.1 Å². The van der Waals surface area contributed by atoms with Crippen molar-refractivity contribution in [1.82, 2.24) is 0 Å². The van der Waals surface area contributed by atoms with Crippen LogP contribution in [0.5, 0.6) is 17.2 Å². The molecule has 42 heavy (non-hydrogen) atoms. The maximum atomic E-state index is 13.4. The quantitative estimate of drug-likeness (QED) is 0.0749. The third-order valence-corrected chi connectivity index (χ3v) is 14.2. The van der Waals surface area contributed by atoms with Gasteiger partial charge in [0.2, 0.25) is 9.84 Å². The summed E-state index contributed by atoms with van der Waals surface area (Å²) in [6, 6.07) is 17.2. The van der Waals surface area contributed by atoms with Gasteiger partial charge in [0.15, 0.2) is 17.2 Å². The van der Waals surface area contributed by atoms with E-state index >= 15 is 0 Å². The van der Waals surface area contributed by atoms with Crippen LogP contribution in [0.1, 0.15) is 27.7 Å². The number of hydrogen-bond donors (Lipinski definition) is 0. The summed E-state index contributed by atoms with van der Waals surface area (Å²) in [6.45, 7) is 5.99. The summed E-state index contributed by atoms with van der Waals surface area (Å²) in [5.74, 6) is 0.0428. The smallest absolute Gasteiger partial charge is 0.308 e. The van der Waals surface area contributed by atoms with Gasteiger partial charge in [-0.15, -0.1) is 4.33 Å². The number of fused-ring (bicyclic) bond motifs is 2. The predicted molar refractivity (Wildman–Crippen MR) is 167 cm³/mol. The Morgan fingerprint density at radius 1 is 0.667 bits per heavy atom. The van der Waals surface area contributed by atoms with Gasteiger partial charge >= 0.3 is 11.9 Å². The molecule has 0 spiro atoms. The molecule has 3 aromatic carbocycles. The van der Waals surface area contributed by atoms with Crippen molar-refractivity contribution < 1.29 is 36.7 Å². The molecule has 0 aromatic heterocycles. The zero-order chi connectivity index (χ0) is 30.0. The summed E-state index contributed by atoms with van der Waals surface area (Å²) < 4.78 is 44.9. The summed E-state index contributed by atoms with van der Waals surface area (Å²) in [5, 5.41) is 0. The molecule has 0 radical (unpaired) electrons. The third-order valence-electron chi connectivity index (χ3n) is 5.57. The number of esters is 2. The van der Waals surface area contributed by atoms with E-state index in [1.807, 2.05) is 25.1 Å². The molecule has 2 aliphatic heterocycles. The van der Waals surface area contributed by atoms with Crippen LogP contribution < -0.4 is 14.4 Å². The molecule has 0 amide bonds. The Balaban J connectivity index is 1.53. The molecular formula is C28H22O8S6. The van der Waals surface area contributed by atoms with Crippen molar-refractivity contribution in [3.05, 3.63) is 78.9 Å². The molecule has 0 saturated carbocycles. The van der Waals surface area contributed by atoms with Crippen LogP contribution in [0.2, 0.25) is 0 Å². The number of carbonyl (C=O) groups excluding carboxylic acids is 2. The summed E-state index contributed by atoms with van der Waals surface area (Å²) in [7, 11) is -3.80. The number of ether oxygens (including phenoxy) is 2. The van der Waals surface area contributed by atoms with E-state index < -0.39 is 21.8 Å². The van der Waals surface area contributed by atoms with Crippen LogP contribution in [0.25, 0.3) is 0 Å². The fourth-order valence-corrected chi connectivity index (χ4v) is 11.4. The van der Waals surface area contributed by atoms with E-state index in [4.69, 9.17) is 18.7 Å². The average molecular weight is 679 g/mol. The minimum Gasteiger partial charge on any atom is -0.424 e. The molecule has 0 unspecified atom stereocenters. The topological polar surface area (TPSA) is 105 Å². The van der Waals surface area contributed by atoms with Gasteiger partial charge in [-0.1, -0.05) is 83.4 Å². The van der Waals surface area contributed by atoms with Crippen LogP contribution in [0.4, 0.5) is 0 Å². The lowest BCUT2D eigenvalue weighted by Gasteiger charge is -2.15. The highest BCUT2D eigenvalue weighted by atomic mass is 32.2. The second-order valence-corrected chi connectivity index (χ2v) is 16.2. The maximum Gasteiger partial charge on any atom is 0.308 e. The monoisotopic (exact) mass is 678 g/mol. The van der Waals surface area contributed by atoms with E-state index in [1.165, 1.54) is 80.0 Å². The first kappa shape index (κ1) is 31.0. The Morgan fingerprint density at radius 2 is 1.12 bits per heavy atom. The van der Waals surface area contributed by atoms with Crippen molar-refractivity contribution >= 4 is 80.9 Å². The largest absolute Gasteiger partial charge is 0.424 e. The van der Waals surface area contributed by atoms with Gasteiger partial charge in [-0.25, -0.2) is 8.42 Å². The second-order valence-electron chi connectivity index (χ2n) is 8.62. The highest BCUT2D eigenvalue weighted by Gasteiger charge is 2.39. The fraction of sp³-hybridized carbons (Fsp3) is 0.143. The normalized spacial score (nSPS) is 13.8. The standard InChI is InChI=1S/C28H22O8S6/c1-15(41-36-35-19-11-7-5-8-12-19)27-37-23-21(33-17(3)29)25-26(22(24(23)38-27)34-18(4)30)40-28(39-25)16(2)42(31,32)20-13-9-6-10-14-20/h5-14H,1-4H3. The lowest BCUT2D eigenvalue weighted by Crippen LogP contribution is -2.07. The molecule has 8 nitrogen and oxygen atoms in total. The number of sulfone groups is 1. The first-order valence-electron chi connectivity index (χ1n) is 12.2. The molecule has 3 aromatic rings. The van der Waals surface area contributed by atoms with Crippen molar-refractivity contribution in [2.75, 3.05) is 0 Å². The van der Waals surface area contributed by atoms with Gasteiger partial charge in [0.1, 0.15) is 0 Å². The SMILES string of the molecule is CC(=O)Oc1c2c(c(OC(C)=O)c3c1SC(=C(C)S(=O)(=O)c1ccccc1)S3)SC(=C(C)SOOc1ccccc1)S2. The van der Waals surface area contributed by atoms with E-state index in [-0.39, 0.29) is 21.3 Å². The number of para-hydroxylation sites is 1. The first-order valence-corrected chi connectivity index (χ1v) is 17.7. The molecule has 0 fully saturated rings. The second kappa shape index (κ2) is 13.0. The van der Waals surface area contributed by atoms with Gasteiger partial charge in [-0.2, -0.15) is 0 Å². The highest BCUT2D eigenvalue weighted by molar-refractivity contribution is 8.26. The van der Waals surface area contributed by atoms with Crippen LogP contribution >= 0.6 is 59.1 Å². The number of rotatable bonds is 8. The van der Waals surface area contributed by atoms with Gasteiger partial charge in [0, 0.05) is 18.8 Å². The van der Waals surface area contributed by atoms with Gasteiger partial charge in [0.05, 0.1) is 49.9 Å². The van der Waals surface area contributed by atoms with Crippen LogP contribution in [0.3, 0.4) is 0 Å². The summed E-state index contributed by atoms with van der Waals surface area (Å²) in [6.07, 6.45) is 0. The van der Waals surface area contributed by atoms with Crippen molar-refractivity contribution in [3.8, 4) is 17.2 Å². The van der Waals surface area contributed by atoms with E-state index in [0.29, 0.717) is 29.6 Å².